The molecule has 0 aliphatic carbocycles. The Bertz CT molecular complexity index is 1550. The third kappa shape index (κ3) is 6.72. The zero-order valence-corrected chi connectivity index (χ0v) is 26.9. The van der Waals surface area contributed by atoms with E-state index in [1.165, 1.54) is 11.3 Å². The maximum Gasteiger partial charge on any atom is 0.323 e. The zero-order chi connectivity index (χ0) is 31.7. The number of carbonyl (C=O) groups is 4. The highest BCUT2D eigenvalue weighted by molar-refractivity contribution is 7.14. The molecule has 5 amide bonds. The Hall–Kier alpha value is -4.25. The molecule has 1 fully saturated rings. The largest absolute Gasteiger partial charge is 0.351 e. The Balaban J connectivity index is 1.57. The van der Waals surface area contributed by atoms with Gasteiger partial charge in [-0.25, -0.2) is 4.79 Å². The Morgan fingerprint density at radius 3 is 2.40 bits per heavy atom. The minimum atomic E-state index is -1.01. The molecule has 3 aromatic rings. The third-order valence-electron chi connectivity index (χ3n) is 7.50. The van der Waals surface area contributed by atoms with Crippen molar-refractivity contribution in [3.05, 3.63) is 63.6 Å². The van der Waals surface area contributed by atoms with Crippen LogP contribution in [0.2, 0.25) is 0 Å². The van der Waals surface area contributed by atoms with Crippen LogP contribution in [0.3, 0.4) is 0 Å². The van der Waals surface area contributed by atoms with E-state index in [-0.39, 0.29) is 23.1 Å². The minimum absolute atomic E-state index is 0.129. The van der Waals surface area contributed by atoms with Crippen LogP contribution in [0, 0.1) is 6.92 Å². The number of nitrogens with one attached hydrogen (secondary N) is 3. The first-order valence-corrected chi connectivity index (χ1v) is 15.1. The molecule has 1 saturated heterocycles. The van der Waals surface area contributed by atoms with Gasteiger partial charge in [0.25, 0.3) is 11.8 Å². The smallest absolute Gasteiger partial charge is 0.323 e. The molecule has 43 heavy (non-hydrogen) atoms. The van der Waals surface area contributed by atoms with Gasteiger partial charge in [-0.05, 0) is 68.5 Å². The lowest BCUT2D eigenvalue weighted by atomic mass is 9.94. The molecular formula is C32H40N6O4S. The van der Waals surface area contributed by atoms with E-state index in [1.54, 1.807) is 49.0 Å². The molecule has 3 heterocycles. The van der Waals surface area contributed by atoms with Crippen molar-refractivity contribution >= 4 is 46.5 Å². The summed E-state index contributed by atoms with van der Waals surface area (Å²) in [7, 11) is 1.74. The Morgan fingerprint density at radius 1 is 1.05 bits per heavy atom. The van der Waals surface area contributed by atoms with Gasteiger partial charge >= 0.3 is 6.03 Å². The number of likely N-dealkylation sites (N-methyl/N-ethyl adjacent to an activating group) is 1. The van der Waals surface area contributed by atoms with E-state index in [1.807, 2.05) is 58.9 Å². The molecule has 0 unspecified atom stereocenters. The molecular weight excluding hydrogens is 564 g/mol. The first-order valence-electron chi connectivity index (χ1n) is 14.3. The lowest BCUT2D eigenvalue weighted by Crippen LogP contribution is -2.63. The number of nitrogens with zero attached hydrogens (tertiary/aromatic N) is 3. The van der Waals surface area contributed by atoms with Crippen LogP contribution in [0.25, 0.3) is 11.1 Å². The van der Waals surface area contributed by atoms with Crippen molar-refractivity contribution in [1.29, 1.82) is 0 Å². The predicted octanol–water partition coefficient (Wildman–Crippen LogP) is 5.50. The highest BCUT2D eigenvalue weighted by atomic mass is 32.1. The fourth-order valence-corrected chi connectivity index (χ4v) is 6.06. The zero-order valence-electron chi connectivity index (χ0n) is 26.0. The Labute approximate surface area is 256 Å². The highest BCUT2D eigenvalue weighted by Crippen LogP contribution is 2.38. The summed E-state index contributed by atoms with van der Waals surface area (Å²) in [6.45, 7) is 14.8. The summed E-state index contributed by atoms with van der Waals surface area (Å²) >= 11 is 1.33. The van der Waals surface area contributed by atoms with Gasteiger partial charge in [0.05, 0.1) is 5.69 Å². The molecule has 2 aromatic heterocycles. The van der Waals surface area contributed by atoms with Crippen molar-refractivity contribution in [3.63, 3.8) is 0 Å². The number of hydrogen-bond donors (Lipinski definition) is 3. The summed E-state index contributed by atoms with van der Waals surface area (Å²) in [6.07, 6.45) is 1.64. The molecule has 1 aliphatic rings. The van der Waals surface area contributed by atoms with Gasteiger partial charge in [0, 0.05) is 49.0 Å². The summed E-state index contributed by atoms with van der Waals surface area (Å²) < 4.78 is 0. The minimum Gasteiger partial charge on any atom is -0.351 e. The molecule has 0 atom stereocenters. The highest BCUT2D eigenvalue weighted by Gasteiger charge is 2.44. The van der Waals surface area contributed by atoms with Gasteiger partial charge in [0.15, 0.2) is 0 Å². The number of anilines is 2. The number of thiophene rings is 1. The second-order valence-corrected chi connectivity index (χ2v) is 13.3. The van der Waals surface area contributed by atoms with Crippen LogP contribution in [-0.2, 0) is 10.2 Å². The van der Waals surface area contributed by atoms with Gasteiger partial charge in [0.2, 0.25) is 5.91 Å². The van der Waals surface area contributed by atoms with Crippen LogP contribution in [-0.4, -0.2) is 70.8 Å². The summed E-state index contributed by atoms with van der Waals surface area (Å²) in [5, 5.41) is 8.50. The molecule has 1 aliphatic heterocycles. The maximum absolute atomic E-state index is 13.9. The van der Waals surface area contributed by atoms with Crippen molar-refractivity contribution < 1.29 is 19.2 Å². The second-order valence-electron chi connectivity index (χ2n) is 12.2. The Morgan fingerprint density at radius 2 is 1.77 bits per heavy atom. The van der Waals surface area contributed by atoms with E-state index in [0.717, 1.165) is 21.6 Å². The molecule has 228 valence electrons. The molecule has 0 saturated carbocycles. The first kappa shape index (κ1) is 31.7. The van der Waals surface area contributed by atoms with Crippen molar-refractivity contribution in [1.82, 2.24) is 20.1 Å². The van der Waals surface area contributed by atoms with Gasteiger partial charge in [-0.3, -0.25) is 19.4 Å². The number of hydrogen-bond acceptors (Lipinski definition) is 6. The van der Waals surface area contributed by atoms with Gasteiger partial charge in [-0.1, -0.05) is 32.9 Å². The number of urea groups is 1. The number of rotatable bonds is 6. The standard InChI is InChI=1S/C32H40N6O4S/c1-9-33-27(39)23-13-11-20(18-34-23)22-16-21(12-10-19(22)2)35-30(42)36-24-17-25(31(3,4)5)43-26(24)28(40)38-15-14-37(8)29(41)32(38,6)7/h10-13,16-18H,9,14-15H2,1-8H3,(H,33,39)(H2,35,36,42). The summed E-state index contributed by atoms with van der Waals surface area (Å²) in [4.78, 5) is 61.0. The van der Waals surface area contributed by atoms with Crippen molar-refractivity contribution in [2.24, 2.45) is 0 Å². The van der Waals surface area contributed by atoms with Crippen molar-refractivity contribution in [2.75, 3.05) is 37.3 Å². The predicted molar refractivity (Wildman–Crippen MR) is 171 cm³/mol. The topological polar surface area (TPSA) is 124 Å². The molecule has 10 nitrogen and oxygen atoms in total. The maximum atomic E-state index is 13.9. The molecule has 0 bridgehead atoms. The van der Waals surface area contributed by atoms with E-state index in [4.69, 9.17) is 0 Å². The SMILES string of the molecule is CCNC(=O)c1ccc(-c2cc(NC(=O)Nc3cc(C(C)(C)C)sc3C(=O)N3CCN(C)C(=O)C3(C)C)ccc2C)cn1. The van der Waals surface area contributed by atoms with E-state index in [9.17, 15) is 19.2 Å². The number of amides is 5. The lowest BCUT2D eigenvalue weighted by molar-refractivity contribution is -0.144. The van der Waals surface area contributed by atoms with E-state index >= 15 is 0 Å². The van der Waals surface area contributed by atoms with Gasteiger partial charge < -0.3 is 25.8 Å². The van der Waals surface area contributed by atoms with Crippen LogP contribution >= 0.6 is 11.3 Å². The molecule has 11 heteroatoms. The van der Waals surface area contributed by atoms with Gasteiger partial charge in [-0.15, -0.1) is 11.3 Å². The summed E-state index contributed by atoms with van der Waals surface area (Å²) in [5.74, 6) is -0.652. The first-order chi connectivity index (χ1) is 20.1. The molecule has 1 aromatic carbocycles. The fourth-order valence-electron chi connectivity index (χ4n) is 4.94. The molecule has 3 N–H and O–H groups in total. The van der Waals surface area contributed by atoms with E-state index < -0.39 is 11.6 Å². The molecule has 0 radical (unpaired) electrons. The van der Waals surface area contributed by atoms with Crippen LogP contribution in [0.1, 0.15) is 72.1 Å². The normalized spacial score (nSPS) is 14.8. The average Bonchev–Trinajstić information content (AvgIpc) is 3.37. The van der Waals surface area contributed by atoms with E-state index in [2.05, 4.69) is 20.9 Å². The second kappa shape index (κ2) is 12.2. The number of aromatic nitrogens is 1. The summed E-state index contributed by atoms with van der Waals surface area (Å²) in [6, 6.07) is 10.4. The summed E-state index contributed by atoms with van der Waals surface area (Å²) in [5.41, 5.74) is 2.65. The van der Waals surface area contributed by atoms with Crippen LogP contribution in [0.4, 0.5) is 16.2 Å². The van der Waals surface area contributed by atoms with Crippen molar-refractivity contribution in [2.45, 2.75) is 59.4 Å². The average molecular weight is 605 g/mol. The number of carbonyl (C=O) groups excluding carboxylic acids is 4. The lowest BCUT2D eigenvalue weighted by Gasteiger charge is -2.44. The van der Waals surface area contributed by atoms with Crippen LogP contribution < -0.4 is 16.0 Å². The Kier molecular flexibility index (Phi) is 8.96. The monoisotopic (exact) mass is 604 g/mol. The van der Waals surface area contributed by atoms with Gasteiger partial charge in [0.1, 0.15) is 16.1 Å². The number of aryl methyl sites for hydroxylation is 1. The third-order valence-corrected chi connectivity index (χ3v) is 9.05. The van der Waals surface area contributed by atoms with E-state index in [0.29, 0.717) is 41.6 Å². The number of benzene rings is 1. The molecule has 0 spiro atoms. The molecule has 4 rings (SSSR count). The van der Waals surface area contributed by atoms with Crippen LogP contribution in [0.15, 0.2) is 42.6 Å². The van der Waals surface area contributed by atoms with Crippen molar-refractivity contribution in [3.8, 4) is 11.1 Å². The number of pyridine rings is 1. The fraction of sp³-hybridized carbons (Fsp3) is 0.406. The van der Waals surface area contributed by atoms with Gasteiger partial charge in [-0.2, -0.15) is 0 Å². The number of piperazine rings is 1. The quantitative estimate of drug-likeness (QED) is 0.343. The van der Waals surface area contributed by atoms with Crippen LogP contribution in [0.5, 0.6) is 0 Å².